The van der Waals surface area contributed by atoms with Gasteiger partial charge in [-0.05, 0) is 24.3 Å². The second-order valence-corrected chi connectivity index (χ2v) is 3.64. The van der Waals surface area contributed by atoms with Gasteiger partial charge in [0.25, 0.3) is 5.91 Å². The standard InChI is InChI=1S/C11H7ClN4O/c12-8-2-1-7(6-13)5-10(8)15-11(17)9-3-4-14-16-9/h1-5H,(H,14,16)(H,15,17). The summed E-state index contributed by atoms with van der Waals surface area (Å²) < 4.78 is 0. The molecule has 1 heterocycles. The first kappa shape index (κ1) is 11.2. The molecule has 0 spiro atoms. The molecular weight excluding hydrogens is 240 g/mol. The summed E-state index contributed by atoms with van der Waals surface area (Å²) in [6, 6.07) is 8.16. The topological polar surface area (TPSA) is 81.6 Å². The van der Waals surface area contributed by atoms with Gasteiger partial charge in [-0.2, -0.15) is 10.4 Å². The third-order valence-electron chi connectivity index (χ3n) is 2.09. The maximum absolute atomic E-state index is 11.7. The highest BCUT2D eigenvalue weighted by Crippen LogP contribution is 2.23. The Labute approximate surface area is 102 Å². The minimum Gasteiger partial charge on any atom is -0.319 e. The summed E-state index contributed by atoms with van der Waals surface area (Å²) in [4.78, 5) is 11.7. The Bertz CT molecular complexity index is 586. The lowest BCUT2D eigenvalue weighted by molar-refractivity contribution is 0.102. The molecule has 1 aromatic carbocycles. The molecule has 2 N–H and O–H groups in total. The van der Waals surface area contributed by atoms with E-state index in [1.54, 1.807) is 12.1 Å². The lowest BCUT2D eigenvalue weighted by Gasteiger charge is -2.05. The fourth-order valence-corrected chi connectivity index (χ4v) is 1.43. The Balaban J connectivity index is 2.25. The molecule has 2 rings (SSSR count). The van der Waals surface area contributed by atoms with Crippen molar-refractivity contribution in [1.82, 2.24) is 10.2 Å². The van der Waals surface area contributed by atoms with Crippen molar-refractivity contribution < 1.29 is 4.79 Å². The molecule has 0 saturated heterocycles. The van der Waals surface area contributed by atoms with Crippen molar-refractivity contribution in [3.05, 3.63) is 46.7 Å². The van der Waals surface area contributed by atoms with Crippen LogP contribution in [0.4, 0.5) is 5.69 Å². The molecule has 0 unspecified atom stereocenters. The van der Waals surface area contributed by atoms with Crippen LogP contribution in [0.15, 0.2) is 30.5 Å². The number of amides is 1. The number of benzene rings is 1. The number of nitrogens with one attached hydrogen (secondary N) is 2. The summed E-state index contributed by atoms with van der Waals surface area (Å²) in [5, 5.41) is 17.9. The largest absolute Gasteiger partial charge is 0.319 e. The van der Waals surface area contributed by atoms with Crippen LogP contribution >= 0.6 is 11.6 Å². The van der Waals surface area contributed by atoms with Gasteiger partial charge in [0.2, 0.25) is 0 Å². The van der Waals surface area contributed by atoms with Crippen LogP contribution in [0.25, 0.3) is 0 Å². The Morgan fingerprint density at radius 1 is 1.47 bits per heavy atom. The van der Waals surface area contributed by atoms with Crippen LogP contribution < -0.4 is 5.32 Å². The zero-order chi connectivity index (χ0) is 12.3. The fourth-order valence-electron chi connectivity index (χ4n) is 1.26. The maximum Gasteiger partial charge on any atom is 0.273 e. The second kappa shape index (κ2) is 4.68. The quantitative estimate of drug-likeness (QED) is 0.852. The molecule has 0 aliphatic carbocycles. The van der Waals surface area contributed by atoms with Crippen LogP contribution in [-0.4, -0.2) is 16.1 Å². The van der Waals surface area contributed by atoms with E-state index in [2.05, 4.69) is 15.5 Å². The van der Waals surface area contributed by atoms with Gasteiger partial charge in [0, 0.05) is 6.20 Å². The van der Waals surface area contributed by atoms with Crippen LogP contribution in [0.3, 0.4) is 0 Å². The van der Waals surface area contributed by atoms with Gasteiger partial charge >= 0.3 is 0 Å². The van der Waals surface area contributed by atoms with Gasteiger partial charge in [-0.1, -0.05) is 11.6 Å². The van der Waals surface area contributed by atoms with E-state index >= 15 is 0 Å². The molecular formula is C11H7ClN4O. The summed E-state index contributed by atoms with van der Waals surface area (Å²) in [6.45, 7) is 0. The second-order valence-electron chi connectivity index (χ2n) is 3.23. The van der Waals surface area contributed by atoms with Crippen molar-refractivity contribution >= 4 is 23.2 Å². The van der Waals surface area contributed by atoms with Crippen LogP contribution in [0.1, 0.15) is 16.1 Å². The van der Waals surface area contributed by atoms with E-state index < -0.39 is 0 Å². The Morgan fingerprint density at radius 3 is 2.94 bits per heavy atom. The van der Waals surface area contributed by atoms with E-state index in [4.69, 9.17) is 16.9 Å². The first-order chi connectivity index (χ1) is 8.20. The molecule has 0 saturated carbocycles. The van der Waals surface area contributed by atoms with E-state index in [1.165, 1.54) is 18.3 Å². The smallest absolute Gasteiger partial charge is 0.273 e. The number of anilines is 1. The zero-order valence-corrected chi connectivity index (χ0v) is 9.32. The van der Waals surface area contributed by atoms with E-state index in [-0.39, 0.29) is 5.91 Å². The van der Waals surface area contributed by atoms with E-state index in [0.29, 0.717) is 22.0 Å². The molecule has 0 aliphatic rings. The number of nitriles is 1. The van der Waals surface area contributed by atoms with E-state index in [0.717, 1.165) is 0 Å². The summed E-state index contributed by atoms with van der Waals surface area (Å²) in [7, 11) is 0. The summed E-state index contributed by atoms with van der Waals surface area (Å²) in [6.07, 6.45) is 1.47. The molecule has 84 valence electrons. The van der Waals surface area contributed by atoms with E-state index in [9.17, 15) is 4.79 Å². The van der Waals surface area contributed by atoms with Gasteiger partial charge in [0.15, 0.2) is 0 Å². The molecule has 0 aliphatic heterocycles. The van der Waals surface area contributed by atoms with Gasteiger partial charge in [0.1, 0.15) is 5.69 Å². The third kappa shape index (κ3) is 2.44. The summed E-state index contributed by atoms with van der Waals surface area (Å²) in [5.74, 6) is -0.362. The number of halogens is 1. The summed E-state index contributed by atoms with van der Waals surface area (Å²) >= 11 is 5.91. The number of carbonyl (C=O) groups excluding carboxylic acids is 1. The molecule has 0 radical (unpaired) electrons. The molecule has 6 heteroatoms. The van der Waals surface area contributed by atoms with Gasteiger partial charge in [-0.25, -0.2) is 0 Å². The predicted molar refractivity (Wildman–Crippen MR) is 62.7 cm³/mol. The number of aromatic nitrogens is 2. The van der Waals surface area contributed by atoms with Gasteiger partial charge in [-0.15, -0.1) is 0 Å². The van der Waals surface area contributed by atoms with Crippen molar-refractivity contribution in [2.24, 2.45) is 0 Å². The van der Waals surface area contributed by atoms with Crippen molar-refractivity contribution in [3.8, 4) is 6.07 Å². The molecule has 0 atom stereocenters. The number of rotatable bonds is 2. The number of H-pyrrole nitrogens is 1. The molecule has 1 aromatic heterocycles. The average molecular weight is 247 g/mol. The molecule has 17 heavy (non-hydrogen) atoms. The monoisotopic (exact) mass is 246 g/mol. The number of aromatic amines is 1. The molecule has 2 aromatic rings. The van der Waals surface area contributed by atoms with Crippen LogP contribution in [0.5, 0.6) is 0 Å². The molecule has 0 fully saturated rings. The highest BCUT2D eigenvalue weighted by atomic mass is 35.5. The highest BCUT2D eigenvalue weighted by molar-refractivity contribution is 6.33. The number of hydrogen-bond donors (Lipinski definition) is 2. The first-order valence-electron chi connectivity index (χ1n) is 4.71. The lowest BCUT2D eigenvalue weighted by atomic mass is 10.2. The van der Waals surface area contributed by atoms with Crippen LogP contribution in [0, 0.1) is 11.3 Å². The number of nitrogens with zero attached hydrogens (tertiary/aromatic N) is 2. The van der Waals surface area contributed by atoms with Crippen molar-refractivity contribution in [2.45, 2.75) is 0 Å². The maximum atomic E-state index is 11.7. The third-order valence-corrected chi connectivity index (χ3v) is 2.42. The first-order valence-corrected chi connectivity index (χ1v) is 5.09. The minimum atomic E-state index is -0.362. The van der Waals surface area contributed by atoms with Gasteiger partial charge in [-0.3, -0.25) is 9.89 Å². The Hall–Kier alpha value is -2.32. The Morgan fingerprint density at radius 2 is 2.29 bits per heavy atom. The SMILES string of the molecule is N#Cc1ccc(Cl)c(NC(=O)c2ccn[nH]2)c1. The fraction of sp³-hybridized carbons (Fsp3) is 0. The summed E-state index contributed by atoms with van der Waals surface area (Å²) in [5.41, 5.74) is 1.14. The predicted octanol–water partition coefficient (Wildman–Crippen LogP) is 2.19. The highest BCUT2D eigenvalue weighted by Gasteiger charge is 2.09. The van der Waals surface area contributed by atoms with Gasteiger partial charge < -0.3 is 5.32 Å². The average Bonchev–Trinajstić information content (AvgIpc) is 2.85. The van der Waals surface area contributed by atoms with Crippen molar-refractivity contribution in [3.63, 3.8) is 0 Å². The van der Waals surface area contributed by atoms with Gasteiger partial charge in [0.05, 0.1) is 22.3 Å². The van der Waals surface area contributed by atoms with E-state index in [1.807, 2.05) is 6.07 Å². The van der Waals surface area contributed by atoms with Crippen molar-refractivity contribution in [1.29, 1.82) is 5.26 Å². The number of hydrogen-bond acceptors (Lipinski definition) is 3. The zero-order valence-electron chi connectivity index (χ0n) is 8.57. The van der Waals surface area contributed by atoms with Crippen molar-refractivity contribution in [2.75, 3.05) is 5.32 Å². The van der Waals surface area contributed by atoms with Crippen LogP contribution in [0.2, 0.25) is 5.02 Å². The lowest BCUT2D eigenvalue weighted by Crippen LogP contribution is -2.12. The van der Waals surface area contributed by atoms with Crippen LogP contribution in [-0.2, 0) is 0 Å². The molecule has 5 nitrogen and oxygen atoms in total. The Kier molecular flexibility index (Phi) is 3.08. The normalized spacial score (nSPS) is 9.65. The molecule has 0 bridgehead atoms. The number of carbonyl (C=O) groups is 1. The minimum absolute atomic E-state index is 0.323. The molecule has 1 amide bonds.